The number of piperidine rings is 2. The number of nitrogens with zero attached hydrogens (tertiary/aromatic N) is 4. The Balaban J connectivity index is 2.06. The third-order valence-corrected chi connectivity index (χ3v) is 7.22. The molecule has 0 amide bonds. The maximum absolute atomic E-state index is 13.6. The summed E-state index contributed by atoms with van der Waals surface area (Å²) in [5, 5.41) is 21.8. The molecule has 4 rings (SSSR count). The van der Waals surface area contributed by atoms with E-state index in [2.05, 4.69) is 9.97 Å². The first-order valence-corrected chi connectivity index (χ1v) is 11.1. The molecule has 4 atom stereocenters. The third kappa shape index (κ3) is 3.40. The average Bonchev–Trinajstić information content (AvgIpc) is 2.86. The smallest absolute Gasteiger partial charge is 0.317 e. The topological polar surface area (TPSA) is 125 Å². The van der Waals surface area contributed by atoms with Crippen molar-refractivity contribution in [3.05, 3.63) is 60.2 Å². The highest BCUT2D eigenvalue weighted by Gasteiger charge is 2.74. The van der Waals surface area contributed by atoms with Gasteiger partial charge in [-0.25, -0.2) is 0 Å². The Kier molecular flexibility index (Phi) is 6.68. The van der Waals surface area contributed by atoms with Gasteiger partial charge in [-0.05, 0) is 31.3 Å². The van der Waals surface area contributed by atoms with Gasteiger partial charge in [0.05, 0.1) is 50.4 Å². The number of likely N-dealkylation sites (tertiary alicyclic amines) is 2. The summed E-state index contributed by atoms with van der Waals surface area (Å²) in [5.41, 5.74) is -2.10. The van der Waals surface area contributed by atoms with Gasteiger partial charge in [-0.1, -0.05) is 12.1 Å². The zero-order chi connectivity index (χ0) is 24.5. The molecule has 2 aromatic rings. The van der Waals surface area contributed by atoms with Crippen LogP contribution < -0.4 is 0 Å². The van der Waals surface area contributed by atoms with E-state index in [1.807, 2.05) is 4.90 Å². The molecule has 0 radical (unpaired) electrons. The highest BCUT2D eigenvalue weighted by molar-refractivity contribution is 5.86. The summed E-state index contributed by atoms with van der Waals surface area (Å²) >= 11 is 0. The van der Waals surface area contributed by atoms with Crippen molar-refractivity contribution in [1.29, 1.82) is 0 Å². The van der Waals surface area contributed by atoms with Gasteiger partial charge in [0.1, 0.15) is 10.8 Å². The molecule has 2 bridgehead atoms. The quantitative estimate of drug-likeness (QED) is 0.565. The van der Waals surface area contributed by atoms with Crippen molar-refractivity contribution in [3.8, 4) is 0 Å². The molecule has 4 unspecified atom stereocenters. The highest BCUT2D eigenvalue weighted by atomic mass is 16.5. The van der Waals surface area contributed by atoms with Gasteiger partial charge in [0.15, 0.2) is 0 Å². The first-order chi connectivity index (χ1) is 16.4. The van der Waals surface area contributed by atoms with E-state index in [4.69, 9.17) is 9.47 Å². The standard InChI is InChI=1S/C24H30N4O6/c1-27-18(16-8-4-6-10-25-16)23(21(31)33-2)14-28(12-13-29)15-24(20(23)30,22(32)34-3)19(27)17-9-5-7-11-26-17/h4-11,18-20,29-30H,12-15H2,1-3H3. The average molecular weight is 471 g/mol. The van der Waals surface area contributed by atoms with E-state index in [-0.39, 0.29) is 26.2 Å². The number of hydrogen-bond acceptors (Lipinski definition) is 10. The van der Waals surface area contributed by atoms with Crippen LogP contribution in [0.5, 0.6) is 0 Å². The van der Waals surface area contributed by atoms with Crippen molar-refractivity contribution < 1.29 is 29.3 Å². The van der Waals surface area contributed by atoms with Gasteiger partial charge in [0.25, 0.3) is 0 Å². The van der Waals surface area contributed by atoms with Crippen molar-refractivity contribution in [2.75, 3.05) is 47.5 Å². The van der Waals surface area contributed by atoms with Gasteiger partial charge < -0.3 is 19.7 Å². The molecule has 0 aromatic carbocycles. The summed E-state index contributed by atoms with van der Waals surface area (Å²) in [6.07, 6.45) is 1.75. The number of aliphatic hydroxyl groups excluding tert-OH is 2. The Morgan fingerprint density at radius 1 is 0.971 bits per heavy atom. The molecule has 2 saturated heterocycles. The number of β-amino-alcohol motifs (C(OH)–C–C–N with tert-alkyl or cyclic N) is 1. The Labute approximate surface area is 198 Å². The maximum Gasteiger partial charge on any atom is 0.317 e. The number of carbonyl (C=O) groups is 2. The molecular formula is C24H30N4O6. The maximum atomic E-state index is 13.6. The van der Waals surface area contributed by atoms with Crippen LogP contribution in [0.4, 0.5) is 0 Å². The number of aliphatic hydroxyl groups is 2. The molecule has 0 aliphatic carbocycles. The van der Waals surface area contributed by atoms with Crippen molar-refractivity contribution >= 4 is 11.9 Å². The number of carbonyl (C=O) groups excluding carboxylic acids is 2. The molecule has 2 N–H and O–H groups in total. The van der Waals surface area contributed by atoms with Gasteiger partial charge in [-0.15, -0.1) is 0 Å². The van der Waals surface area contributed by atoms with Gasteiger partial charge >= 0.3 is 11.9 Å². The molecule has 0 spiro atoms. The van der Waals surface area contributed by atoms with Crippen LogP contribution in [0.3, 0.4) is 0 Å². The first-order valence-electron chi connectivity index (χ1n) is 11.1. The fourth-order valence-corrected chi connectivity index (χ4v) is 6.05. The van der Waals surface area contributed by atoms with E-state index < -0.39 is 41.0 Å². The summed E-state index contributed by atoms with van der Waals surface area (Å²) in [7, 11) is 4.31. The predicted octanol–water partition coefficient (Wildman–Crippen LogP) is 0.192. The first kappa shape index (κ1) is 24.2. The lowest BCUT2D eigenvalue weighted by molar-refractivity contribution is -0.249. The zero-order valence-corrected chi connectivity index (χ0v) is 19.5. The Bertz CT molecular complexity index is 947. The number of pyridine rings is 2. The Hall–Kier alpha value is -2.92. The lowest BCUT2D eigenvalue weighted by Crippen LogP contribution is -2.77. The van der Waals surface area contributed by atoms with E-state index in [0.717, 1.165) is 0 Å². The third-order valence-electron chi connectivity index (χ3n) is 7.22. The fraction of sp³-hybridized carbons (Fsp3) is 0.500. The summed E-state index contributed by atoms with van der Waals surface area (Å²) < 4.78 is 10.5. The fourth-order valence-electron chi connectivity index (χ4n) is 6.05. The largest absolute Gasteiger partial charge is 0.468 e. The normalized spacial score (nSPS) is 31.6. The van der Waals surface area contributed by atoms with E-state index in [0.29, 0.717) is 11.4 Å². The molecule has 2 aliphatic heterocycles. The second kappa shape index (κ2) is 9.38. The Morgan fingerprint density at radius 2 is 1.44 bits per heavy atom. The SMILES string of the molecule is COC(=O)C12CN(CCO)CC(C(=O)OC)(C(c3ccccn3)N(C)C1c1ccccn1)C2O. The zero-order valence-electron chi connectivity index (χ0n) is 19.5. The van der Waals surface area contributed by atoms with Gasteiger partial charge in [0, 0.05) is 32.0 Å². The monoisotopic (exact) mass is 470 g/mol. The van der Waals surface area contributed by atoms with Crippen LogP contribution in [0.15, 0.2) is 48.8 Å². The second-order valence-corrected chi connectivity index (χ2v) is 8.88. The predicted molar refractivity (Wildman–Crippen MR) is 120 cm³/mol. The minimum absolute atomic E-state index is 0.0562. The molecule has 182 valence electrons. The molecule has 10 nitrogen and oxygen atoms in total. The van der Waals surface area contributed by atoms with Crippen LogP contribution in [0, 0.1) is 10.8 Å². The summed E-state index contributed by atoms with van der Waals surface area (Å²) in [6, 6.07) is 9.18. The molecule has 2 fully saturated rings. The highest BCUT2D eigenvalue weighted by Crippen LogP contribution is 2.62. The summed E-state index contributed by atoms with van der Waals surface area (Å²) in [4.78, 5) is 39.9. The van der Waals surface area contributed by atoms with Crippen molar-refractivity contribution in [2.45, 2.75) is 18.2 Å². The van der Waals surface area contributed by atoms with Crippen molar-refractivity contribution in [1.82, 2.24) is 19.8 Å². The number of aromatic nitrogens is 2. The number of rotatable bonds is 6. The minimum atomic E-state index is -1.59. The number of methoxy groups -OCH3 is 2. The van der Waals surface area contributed by atoms with Crippen LogP contribution in [-0.2, 0) is 19.1 Å². The molecule has 2 aromatic heterocycles. The van der Waals surface area contributed by atoms with E-state index in [9.17, 15) is 19.8 Å². The van der Waals surface area contributed by atoms with Crippen LogP contribution >= 0.6 is 0 Å². The molecule has 10 heteroatoms. The molecule has 2 aliphatic rings. The lowest BCUT2D eigenvalue weighted by atomic mass is 9.53. The van der Waals surface area contributed by atoms with Crippen LogP contribution in [0.2, 0.25) is 0 Å². The van der Waals surface area contributed by atoms with Crippen LogP contribution in [-0.4, -0.2) is 95.5 Å². The van der Waals surface area contributed by atoms with Crippen LogP contribution in [0.1, 0.15) is 23.5 Å². The molecule has 0 saturated carbocycles. The number of fused-ring (bicyclic) bond motifs is 2. The number of hydrogen-bond donors (Lipinski definition) is 2. The van der Waals surface area contributed by atoms with E-state index >= 15 is 0 Å². The van der Waals surface area contributed by atoms with Crippen molar-refractivity contribution in [3.63, 3.8) is 0 Å². The van der Waals surface area contributed by atoms with Gasteiger partial charge in [-0.3, -0.25) is 29.4 Å². The second-order valence-electron chi connectivity index (χ2n) is 8.88. The van der Waals surface area contributed by atoms with Gasteiger partial charge in [0.2, 0.25) is 0 Å². The number of esters is 2. The lowest BCUT2D eigenvalue weighted by Gasteiger charge is -2.64. The summed E-state index contributed by atoms with van der Waals surface area (Å²) in [6.45, 7) is 0.113. The summed E-state index contributed by atoms with van der Waals surface area (Å²) in [5.74, 6) is -1.34. The van der Waals surface area contributed by atoms with E-state index in [1.165, 1.54) is 14.2 Å². The van der Waals surface area contributed by atoms with Crippen molar-refractivity contribution in [2.24, 2.45) is 10.8 Å². The minimum Gasteiger partial charge on any atom is -0.468 e. The Morgan fingerprint density at radius 3 is 1.79 bits per heavy atom. The van der Waals surface area contributed by atoms with Gasteiger partial charge in [-0.2, -0.15) is 0 Å². The molecule has 34 heavy (non-hydrogen) atoms. The molecular weight excluding hydrogens is 440 g/mol. The number of ether oxygens (including phenoxy) is 2. The molecule has 4 heterocycles. The van der Waals surface area contributed by atoms with Crippen LogP contribution in [0.25, 0.3) is 0 Å². The van der Waals surface area contributed by atoms with E-state index in [1.54, 1.807) is 60.7 Å².